The molecule has 4 rings (SSSR count). The van der Waals surface area contributed by atoms with Crippen LogP contribution in [0.3, 0.4) is 0 Å². The molecule has 1 N–H and O–H groups in total. The normalized spacial score (nSPS) is 11.3. The molecule has 0 spiro atoms. The molecule has 3 aromatic heterocycles. The van der Waals surface area contributed by atoms with E-state index < -0.39 is 0 Å². The topological polar surface area (TPSA) is 59.3 Å². The van der Waals surface area contributed by atoms with Crippen molar-refractivity contribution in [2.45, 2.75) is 13.3 Å². The zero-order valence-electron chi connectivity index (χ0n) is 15.5. The Morgan fingerprint density at radius 1 is 1.21 bits per heavy atom. The Kier molecular flexibility index (Phi) is 5.30. The van der Waals surface area contributed by atoms with E-state index >= 15 is 0 Å². The van der Waals surface area contributed by atoms with E-state index in [9.17, 15) is 4.79 Å². The highest BCUT2D eigenvalue weighted by molar-refractivity contribution is 7.12. The van der Waals surface area contributed by atoms with Gasteiger partial charge in [0, 0.05) is 24.0 Å². The molecule has 0 saturated heterocycles. The molecule has 0 amide bonds. The van der Waals surface area contributed by atoms with Crippen LogP contribution in [0.4, 0.5) is 5.69 Å². The van der Waals surface area contributed by atoms with E-state index in [1.54, 1.807) is 16.9 Å². The minimum absolute atomic E-state index is 0.0484. The summed E-state index contributed by atoms with van der Waals surface area (Å²) in [6.45, 7) is 2.90. The maximum absolute atomic E-state index is 12.8. The Labute approximate surface area is 167 Å². The molecule has 28 heavy (non-hydrogen) atoms. The van der Waals surface area contributed by atoms with E-state index in [2.05, 4.69) is 40.5 Å². The number of carbonyl (C=O) groups excluding carboxylic acids is 1. The number of hydrogen-bond donors (Lipinski definition) is 1. The number of carbonyl (C=O) groups is 1. The molecule has 0 bridgehead atoms. The number of fused-ring (bicyclic) bond motifs is 1. The highest BCUT2D eigenvalue weighted by atomic mass is 32.1. The van der Waals surface area contributed by atoms with Crippen LogP contribution in [-0.2, 0) is 0 Å². The summed E-state index contributed by atoms with van der Waals surface area (Å²) in [6, 6.07) is 13.8. The van der Waals surface area contributed by atoms with Crippen LogP contribution < -0.4 is 5.32 Å². The first-order chi connectivity index (χ1) is 13.8. The average molecular weight is 388 g/mol. The van der Waals surface area contributed by atoms with Gasteiger partial charge in [-0.25, -0.2) is 9.50 Å². The van der Waals surface area contributed by atoms with Gasteiger partial charge in [-0.1, -0.05) is 37.3 Å². The van der Waals surface area contributed by atoms with Gasteiger partial charge in [-0.05, 0) is 36.1 Å². The lowest BCUT2D eigenvalue weighted by atomic mass is 10.1. The summed E-state index contributed by atoms with van der Waals surface area (Å²) < 4.78 is 1.73. The van der Waals surface area contributed by atoms with Crippen LogP contribution in [0.1, 0.15) is 28.6 Å². The van der Waals surface area contributed by atoms with Crippen LogP contribution >= 0.6 is 11.3 Å². The Morgan fingerprint density at radius 2 is 2.14 bits per heavy atom. The van der Waals surface area contributed by atoms with Crippen LogP contribution in [0.15, 0.2) is 72.4 Å². The van der Waals surface area contributed by atoms with Gasteiger partial charge in [0.2, 0.25) is 5.78 Å². The lowest BCUT2D eigenvalue weighted by Crippen LogP contribution is -2.01. The molecule has 1 aromatic carbocycles. The van der Waals surface area contributed by atoms with Gasteiger partial charge in [0.05, 0.1) is 22.3 Å². The van der Waals surface area contributed by atoms with Gasteiger partial charge in [0.25, 0.3) is 0 Å². The molecule has 0 aliphatic heterocycles. The number of aromatic nitrogens is 3. The highest BCUT2D eigenvalue weighted by Crippen LogP contribution is 2.25. The number of nitrogens with zero attached hydrogens (tertiary/aromatic N) is 3. The molecule has 4 aromatic rings. The predicted molar refractivity (Wildman–Crippen MR) is 114 cm³/mol. The Morgan fingerprint density at radius 3 is 2.96 bits per heavy atom. The van der Waals surface area contributed by atoms with Crippen molar-refractivity contribution in [2.24, 2.45) is 0 Å². The van der Waals surface area contributed by atoms with Gasteiger partial charge in [-0.3, -0.25) is 4.79 Å². The summed E-state index contributed by atoms with van der Waals surface area (Å²) in [6.07, 6.45) is 8.61. The van der Waals surface area contributed by atoms with Gasteiger partial charge in [0.1, 0.15) is 0 Å². The van der Waals surface area contributed by atoms with Gasteiger partial charge in [-0.2, -0.15) is 5.10 Å². The standard InChI is InChI=1S/C22H20N4OS/c1-2-3-4-11-23-17-8-5-7-16(14-17)19-10-12-24-22-18(15-25-26(19)22)21(27)20-9-6-13-28-20/h3-10,12-15,23H,2,11H2,1H3/b4-3+. The summed E-state index contributed by atoms with van der Waals surface area (Å²) in [5, 5.41) is 9.74. The monoisotopic (exact) mass is 388 g/mol. The highest BCUT2D eigenvalue weighted by Gasteiger charge is 2.18. The number of rotatable bonds is 7. The van der Waals surface area contributed by atoms with Crippen molar-refractivity contribution in [1.82, 2.24) is 14.6 Å². The van der Waals surface area contributed by atoms with Crippen molar-refractivity contribution in [1.29, 1.82) is 0 Å². The maximum atomic E-state index is 12.8. The fourth-order valence-electron chi connectivity index (χ4n) is 3.03. The third kappa shape index (κ3) is 3.59. The smallest absolute Gasteiger partial charge is 0.208 e. The van der Waals surface area contributed by atoms with E-state index in [-0.39, 0.29) is 5.78 Å². The molecule has 5 nitrogen and oxygen atoms in total. The van der Waals surface area contributed by atoms with E-state index in [1.165, 1.54) is 11.3 Å². The van der Waals surface area contributed by atoms with E-state index in [0.717, 1.165) is 29.9 Å². The van der Waals surface area contributed by atoms with E-state index in [0.29, 0.717) is 16.1 Å². The first kappa shape index (κ1) is 18.1. The number of anilines is 1. The molecule has 0 fully saturated rings. The van der Waals surface area contributed by atoms with Crippen LogP contribution in [0.25, 0.3) is 16.9 Å². The van der Waals surface area contributed by atoms with Crippen molar-refractivity contribution >= 4 is 28.5 Å². The zero-order valence-corrected chi connectivity index (χ0v) is 16.3. The molecule has 140 valence electrons. The van der Waals surface area contributed by atoms with Gasteiger partial charge in [0.15, 0.2) is 5.65 Å². The van der Waals surface area contributed by atoms with Crippen molar-refractivity contribution in [3.63, 3.8) is 0 Å². The Hall–Kier alpha value is -3.25. The van der Waals surface area contributed by atoms with Crippen LogP contribution in [0.5, 0.6) is 0 Å². The van der Waals surface area contributed by atoms with Gasteiger partial charge >= 0.3 is 0 Å². The number of nitrogens with one attached hydrogen (secondary N) is 1. The lowest BCUT2D eigenvalue weighted by Gasteiger charge is -2.08. The quantitative estimate of drug-likeness (QED) is 0.355. The third-order valence-corrected chi connectivity index (χ3v) is 5.24. The molecule has 0 saturated carbocycles. The van der Waals surface area contributed by atoms with Crippen LogP contribution in [0.2, 0.25) is 0 Å². The van der Waals surface area contributed by atoms with Crippen molar-refractivity contribution in [3.05, 3.63) is 82.8 Å². The fraction of sp³-hybridized carbons (Fsp3) is 0.136. The average Bonchev–Trinajstić information content (AvgIpc) is 3.41. The van der Waals surface area contributed by atoms with E-state index in [1.807, 2.05) is 41.8 Å². The predicted octanol–water partition coefficient (Wildman–Crippen LogP) is 5.07. The molecule has 0 aliphatic rings. The molecule has 0 radical (unpaired) electrons. The van der Waals surface area contributed by atoms with Gasteiger partial charge < -0.3 is 5.32 Å². The summed E-state index contributed by atoms with van der Waals surface area (Å²) in [5.41, 5.74) is 4.02. The number of ketones is 1. The van der Waals surface area contributed by atoms with Gasteiger partial charge in [-0.15, -0.1) is 11.3 Å². The molecule has 0 unspecified atom stereocenters. The molecule has 0 atom stereocenters. The van der Waals surface area contributed by atoms with Crippen molar-refractivity contribution in [3.8, 4) is 11.3 Å². The van der Waals surface area contributed by atoms with Crippen molar-refractivity contribution in [2.75, 3.05) is 11.9 Å². The summed E-state index contributed by atoms with van der Waals surface area (Å²) in [4.78, 5) is 17.9. The zero-order chi connectivity index (χ0) is 19.3. The Bertz CT molecular complexity index is 1130. The number of benzene rings is 1. The number of hydrogen-bond acceptors (Lipinski definition) is 5. The molecule has 3 heterocycles. The second-order valence-corrected chi connectivity index (χ2v) is 7.22. The number of allylic oxidation sites excluding steroid dienone is 1. The molecular weight excluding hydrogens is 368 g/mol. The second-order valence-electron chi connectivity index (χ2n) is 6.27. The summed E-state index contributed by atoms with van der Waals surface area (Å²) >= 11 is 1.42. The first-order valence-corrected chi connectivity index (χ1v) is 10.1. The summed E-state index contributed by atoms with van der Waals surface area (Å²) in [7, 11) is 0. The maximum Gasteiger partial charge on any atom is 0.208 e. The minimum atomic E-state index is -0.0484. The minimum Gasteiger partial charge on any atom is -0.382 e. The van der Waals surface area contributed by atoms with Crippen molar-refractivity contribution < 1.29 is 4.79 Å². The SMILES string of the molecule is CC/C=C/CNc1cccc(-c2ccnc3c(C(=O)c4cccs4)cnn23)c1. The molecular formula is C22H20N4OS. The fourth-order valence-corrected chi connectivity index (χ4v) is 3.70. The largest absolute Gasteiger partial charge is 0.382 e. The summed E-state index contributed by atoms with van der Waals surface area (Å²) in [5.74, 6) is -0.0484. The molecule has 0 aliphatic carbocycles. The number of thiophene rings is 1. The molecule has 6 heteroatoms. The second kappa shape index (κ2) is 8.19. The first-order valence-electron chi connectivity index (χ1n) is 9.18. The lowest BCUT2D eigenvalue weighted by molar-refractivity contribution is 0.104. The van der Waals surface area contributed by atoms with Crippen LogP contribution in [0, 0.1) is 0 Å². The Balaban J connectivity index is 1.68. The van der Waals surface area contributed by atoms with E-state index in [4.69, 9.17) is 0 Å². The van der Waals surface area contributed by atoms with Crippen LogP contribution in [-0.4, -0.2) is 26.9 Å². The third-order valence-electron chi connectivity index (χ3n) is 4.38.